The molecule has 0 heterocycles. The van der Waals surface area contributed by atoms with Crippen molar-refractivity contribution < 1.29 is 27.9 Å². The standard InChI is InChI=1S/C4H7NO6S/c1-12(9,10)2-11-4(8)5-3(6)7/h2H2,1H3,(H,5,8)(H,6,7). The maximum absolute atomic E-state index is 10.4. The summed E-state index contributed by atoms with van der Waals surface area (Å²) in [5, 5.41) is 9.26. The fraction of sp³-hybridized carbons (Fsp3) is 0.500. The van der Waals surface area contributed by atoms with Crippen molar-refractivity contribution in [3.05, 3.63) is 0 Å². The van der Waals surface area contributed by atoms with Gasteiger partial charge >= 0.3 is 12.2 Å². The monoisotopic (exact) mass is 197 g/mol. The molecule has 12 heavy (non-hydrogen) atoms. The van der Waals surface area contributed by atoms with E-state index in [4.69, 9.17) is 5.11 Å². The molecule has 0 fully saturated rings. The molecule has 7 nitrogen and oxygen atoms in total. The average molecular weight is 197 g/mol. The maximum atomic E-state index is 10.4. The lowest BCUT2D eigenvalue weighted by Gasteiger charge is -2.00. The van der Waals surface area contributed by atoms with E-state index in [1.165, 1.54) is 5.32 Å². The van der Waals surface area contributed by atoms with Crippen LogP contribution in [0.25, 0.3) is 0 Å². The van der Waals surface area contributed by atoms with Gasteiger partial charge in [0.1, 0.15) is 0 Å². The molecule has 0 saturated carbocycles. The van der Waals surface area contributed by atoms with Crippen LogP contribution in [0.3, 0.4) is 0 Å². The van der Waals surface area contributed by atoms with Gasteiger partial charge in [0, 0.05) is 6.26 Å². The first-order chi connectivity index (χ1) is 5.31. The summed E-state index contributed by atoms with van der Waals surface area (Å²) < 4.78 is 24.7. The van der Waals surface area contributed by atoms with Gasteiger partial charge in [0.05, 0.1) is 0 Å². The minimum atomic E-state index is -3.43. The highest BCUT2D eigenvalue weighted by molar-refractivity contribution is 7.90. The fourth-order valence-electron chi connectivity index (χ4n) is 0.284. The normalized spacial score (nSPS) is 10.4. The van der Waals surface area contributed by atoms with E-state index in [0.29, 0.717) is 0 Å². The van der Waals surface area contributed by atoms with Crippen molar-refractivity contribution in [1.29, 1.82) is 0 Å². The highest BCUT2D eigenvalue weighted by Gasteiger charge is 2.09. The van der Waals surface area contributed by atoms with E-state index in [-0.39, 0.29) is 0 Å². The van der Waals surface area contributed by atoms with Crippen molar-refractivity contribution in [3.63, 3.8) is 0 Å². The van der Waals surface area contributed by atoms with Gasteiger partial charge in [0.15, 0.2) is 15.8 Å². The highest BCUT2D eigenvalue weighted by Crippen LogP contribution is 1.85. The van der Waals surface area contributed by atoms with Crippen molar-refractivity contribution in [1.82, 2.24) is 5.32 Å². The molecule has 0 unspecified atom stereocenters. The van der Waals surface area contributed by atoms with Gasteiger partial charge in [-0.2, -0.15) is 0 Å². The summed E-state index contributed by atoms with van der Waals surface area (Å²) in [6.07, 6.45) is -2.07. The van der Waals surface area contributed by atoms with Crippen LogP contribution < -0.4 is 5.32 Å². The van der Waals surface area contributed by atoms with E-state index in [1.54, 1.807) is 0 Å². The van der Waals surface area contributed by atoms with Crippen molar-refractivity contribution in [2.24, 2.45) is 0 Å². The minimum Gasteiger partial charge on any atom is -0.465 e. The number of amides is 2. The van der Waals surface area contributed by atoms with Gasteiger partial charge in [-0.05, 0) is 0 Å². The van der Waals surface area contributed by atoms with Gasteiger partial charge in [0.2, 0.25) is 0 Å². The van der Waals surface area contributed by atoms with Crippen molar-refractivity contribution in [2.45, 2.75) is 0 Å². The predicted molar refractivity (Wildman–Crippen MR) is 37.4 cm³/mol. The molecule has 0 bridgehead atoms. The molecule has 0 aromatic carbocycles. The molecule has 0 spiro atoms. The van der Waals surface area contributed by atoms with Crippen LogP contribution in [0.2, 0.25) is 0 Å². The number of rotatable bonds is 2. The number of imide groups is 1. The van der Waals surface area contributed by atoms with E-state index < -0.39 is 28.0 Å². The number of hydrogen-bond acceptors (Lipinski definition) is 5. The Balaban J connectivity index is 3.81. The van der Waals surface area contributed by atoms with Crippen LogP contribution in [-0.4, -0.2) is 37.9 Å². The Labute approximate surface area is 68.2 Å². The molecular formula is C4H7NO6S. The van der Waals surface area contributed by atoms with Crippen LogP contribution in [-0.2, 0) is 14.6 Å². The zero-order valence-electron chi connectivity index (χ0n) is 6.10. The lowest BCUT2D eigenvalue weighted by molar-refractivity contribution is 0.154. The minimum absolute atomic E-state index is 0.841. The molecule has 0 aliphatic carbocycles. The van der Waals surface area contributed by atoms with Crippen molar-refractivity contribution >= 4 is 22.0 Å². The van der Waals surface area contributed by atoms with Gasteiger partial charge in [-0.25, -0.2) is 23.3 Å². The fourth-order valence-corrected chi connectivity index (χ4v) is 0.605. The summed E-state index contributed by atoms with van der Waals surface area (Å²) in [5.74, 6) is -0.841. The van der Waals surface area contributed by atoms with Crippen LogP contribution in [0.4, 0.5) is 9.59 Å². The number of carbonyl (C=O) groups excluding carboxylic acids is 1. The third kappa shape index (κ3) is 6.81. The van der Waals surface area contributed by atoms with Crippen LogP contribution >= 0.6 is 0 Å². The van der Waals surface area contributed by atoms with Crippen LogP contribution in [0.1, 0.15) is 0 Å². The summed E-state index contributed by atoms with van der Waals surface area (Å²) in [5.41, 5.74) is 0. The molecular weight excluding hydrogens is 190 g/mol. The molecule has 0 rings (SSSR count). The summed E-state index contributed by atoms with van der Waals surface area (Å²) in [6.45, 7) is 0. The van der Waals surface area contributed by atoms with E-state index in [0.717, 1.165) is 6.26 Å². The Kier molecular flexibility index (Phi) is 3.48. The van der Waals surface area contributed by atoms with Gasteiger partial charge < -0.3 is 9.84 Å². The second-order valence-corrected chi connectivity index (χ2v) is 3.99. The first-order valence-electron chi connectivity index (χ1n) is 2.65. The first kappa shape index (κ1) is 10.7. The molecule has 0 aromatic heterocycles. The van der Waals surface area contributed by atoms with Crippen molar-refractivity contribution in [3.8, 4) is 0 Å². The van der Waals surface area contributed by atoms with Crippen molar-refractivity contribution in [2.75, 3.05) is 12.2 Å². The third-order valence-electron chi connectivity index (χ3n) is 0.613. The van der Waals surface area contributed by atoms with Crippen LogP contribution in [0, 0.1) is 0 Å². The van der Waals surface area contributed by atoms with E-state index in [9.17, 15) is 18.0 Å². The average Bonchev–Trinajstić information content (AvgIpc) is 1.80. The topological polar surface area (TPSA) is 110 Å². The quantitative estimate of drug-likeness (QED) is 0.611. The Hall–Kier alpha value is -1.31. The number of sulfone groups is 1. The lowest BCUT2D eigenvalue weighted by Crippen LogP contribution is -2.30. The Morgan fingerprint density at radius 1 is 1.50 bits per heavy atom. The third-order valence-corrected chi connectivity index (χ3v) is 1.16. The summed E-state index contributed by atoms with van der Waals surface area (Å²) in [6, 6.07) is 0. The lowest BCUT2D eigenvalue weighted by atomic mass is 11.0. The second-order valence-electron chi connectivity index (χ2n) is 1.91. The Morgan fingerprint density at radius 3 is 2.33 bits per heavy atom. The van der Waals surface area contributed by atoms with E-state index >= 15 is 0 Å². The summed E-state index contributed by atoms with van der Waals surface area (Å²) >= 11 is 0. The van der Waals surface area contributed by atoms with Crippen LogP contribution in [0.5, 0.6) is 0 Å². The number of carbonyl (C=O) groups is 2. The molecule has 0 atom stereocenters. The molecule has 2 N–H and O–H groups in total. The number of carboxylic acid groups (broad SMARTS) is 1. The number of ether oxygens (including phenoxy) is 1. The molecule has 0 aromatic rings. The second kappa shape index (κ2) is 3.90. The Morgan fingerprint density at radius 2 is 2.00 bits per heavy atom. The number of nitrogens with one attached hydrogen (secondary N) is 1. The van der Waals surface area contributed by atoms with E-state index in [1.807, 2.05) is 0 Å². The molecule has 8 heteroatoms. The SMILES string of the molecule is CS(=O)(=O)COC(=O)NC(=O)O. The Bertz CT molecular complexity index is 280. The van der Waals surface area contributed by atoms with Gasteiger partial charge in [-0.15, -0.1) is 0 Å². The molecule has 0 aliphatic heterocycles. The summed E-state index contributed by atoms with van der Waals surface area (Å²) in [7, 11) is -3.43. The molecule has 0 radical (unpaired) electrons. The van der Waals surface area contributed by atoms with Gasteiger partial charge in [-0.1, -0.05) is 0 Å². The predicted octanol–water partition coefficient (Wildman–Crippen LogP) is -0.607. The molecule has 0 aliphatic rings. The van der Waals surface area contributed by atoms with Gasteiger partial charge in [-0.3, -0.25) is 0 Å². The zero-order chi connectivity index (χ0) is 9.78. The number of alkyl carbamates (subject to hydrolysis) is 1. The van der Waals surface area contributed by atoms with E-state index in [2.05, 4.69) is 4.74 Å². The smallest absolute Gasteiger partial charge is 0.417 e. The highest BCUT2D eigenvalue weighted by atomic mass is 32.2. The number of hydrogen-bond donors (Lipinski definition) is 2. The molecule has 70 valence electrons. The molecule has 2 amide bonds. The first-order valence-corrected chi connectivity index (χ1v) is 4.72. The largest absolute Gasteiger partial charge is 0.465 e. The molecule has 0 saturated heterocycles. The van der Waals surface area contributed by atoms with Gasteiger partial charge in [0.25, 0.3) is 0 Å². The maximum Gasteiger partial charge on any atom is 0.417 e. The summed E-state index contributed by atoms with van der Waals surface area (Å²) in [4.78, 5) is 20.1. The van der Waals surface area contributed by atoms with Crippen LogP contribution in [0.15, 0.2) is 0 Å². The zero-order valence-corrected chi connectivity index (χ0v) is 6.92.